The molecule has 0 radical (unpaired) electrons. The molecule has 3 rings (SSSR count). The lowest BCUT2D eigenvalue weighted by Gasteiger charge is -2.41. The van der Waals surface area contributed by atoms with Crippen LogP contribution in [-0.2, 0) is 4.79 Å². The van der Waals surface area contributed by atoms with E-state index >= 15 is 0 Å². The Bertz CT molecular complexity index is 543. The number of hydrogen-bond donors (Lipinski definition) is 1. The maximum atomic E-state index is 13.3. The Morgan fingerprint density at radius 2 is 1.79 bits per heavy atom. The first-order valence-electron chi connectivity index (χ1n) is 9.00. The van der Waals surface area contributed by atoms with Crippen LogP contribution < -0.4 is 0 Å². The first-order valence-corrected chi connectivity index (χ1v) is 9.00. The third kappa shape index (κ3) is 3.79. The molecule has 2 heterocycles. The molecular weight excluding hydrogens is 302 g/mol. The van der Waals surface area contributed by atoms with Gasteiger partial charge >= 0.3 is 0 Å². The molecule has 0 spiro atoms. The second-order valence-electron chi connectivity index (χ2n) is 7.27. The molecule has 2 fully saturated rings. The van der Waals surface area contributed by atoms with E-state index in [0.29, 0.717) is 6.54 Å². The van der Waals surface area contributed by atoms with Crippen LogP contribution in [0.15, 0.2) is 30.3 Å². The summed E-state index contributed by atoms with van der Waals surface area (Å²) in [6, 6.07) is 9.84. The predicted octanol–water partition coefficient (Wildman–Crippen LogP) is 1.20. The molecule has 24 heavy (non-hydrogen) atoms. The number of nitrogens with zero attached hydrogens (tertiary/aromatic N) is 3. The second-order valence-corrected chi connectivity index (χ2v) is 7.27. The van der Waals surface area contributed by atoms with Crippen molar-refractivity contribution in [2.75, 3.05) is 46.3 Å². The van der Waals surface area contributed by atoms with E-state index < -0.39 is 6.10 Å². The van der Waals surface area contributed by atoms with Gasteiger partial charge in [-0.25, -0.2) is 0 Å². The number of amides is 1. The van der Waals surface area contributed by atoms with Crippen molar-refractivity contribution in [3.05, 3.63) is 35.9 Å². The summed E-state index contributed by atoms with van der Waals surface area (Å²) in [5.41, 5.74) is 1.06. The predicted molar refractivity (Wildman–Crippen MR) is 94.6 cm³/mol. The van der Waals surface area contributed by atoms with Gasteiger partial charge in [0.25, 0.3) is 0 Å². The first kappa shape index (κ1) is 17.4. The first-order chi connectivity index (χ1) is 11.6. The molecular formula is C19H29N3O2. The normalized spacial score (nSPS) is 27.9. The van der Waals surface area contributed by atoms with E-state index in [2.05, 4.69) is 23.8 Å². The molecule has 2 saturated heterocycles. The highest BCUT2D eigenvalue weighted by molar-refractivity contribution is 5.83. The summed E-state index contributed by atoms with van der Waals surface area (Å²) >= 11 is 0. The number of likely N-dealkylation sites (N-methyl/N-ethyl adjacent to an activating group) is 1. The highest BCUT2D eigenvalue weighted by atomic mass is 16.3. The summed E-state index contributed by atoms with van der Waals surface area (Å²) in [4.78, 5) is 19.7. The minimum atomic E-state index is -0.411. The van der Waals surface area contributed by atoms with Gasteiger partial charge in [-0.15, -0.1) is 0 Å². The zero-order chi connectivity index (χ0) is 17.1. The highest BCUT2D eigenvalue weighted by Gasteiger charge is 2.35. The van der Waals surface area contributed by atoms with Crippen LogP contribution in [0, 0.1) is 5.92 Å². The van der Waals surface area contributed by atoms with Gasteiger partial charge in [0.05, 0.1) is 6.10 Å². The molecule has 2 aliphatic rings. The van der Waals surface area contributed by atoms with Crippen LogP contribution in [0.4, 0.5) is 0 Å². The van der Waals surface area contributed by atoms with Crippen LogP contribution in [-0.4, -0.2) is 78.1 Å². The largest absolute Gasteiger partial charge is 0.391 e. The van der Waals surface area contributed by atoms with Crippen LogP contribution in [0.3, 0.4) is 0 Å². The Balaban J connectivity index is 1.80. The van der Waals surface area contributed by atoms with Gasteiger partial charge in [-0.1, -0.05) is 37.3 Å². The summed E-state index contributed by atoms with van der Waals surface area (Å²) in [5, 5.41) is 10.2. The quantitative estimate of drug-likeness (QED) is 0.904. The fourth-order valence-corrected chi connectivity index (χ4v) is 3.65. The van der Waals surface area contributed by atoms with E-state index in [4.69, 9.17) is 0 Å². The molecule has 132 valence electrons. The van der Waals surface area contributed by atoms with Gasteiger partial charge in [-0.05, 0) is 24.9 Å². The fraction of sp³-hybridized carbons (Fsp3) is 0.632. The number of aliphatic hydroxyl groups is 1. The smallest absolute Gasteiger partial charge is 0.244 e. The van der Waals surface area contributed by atoms with Crippen molar-refractivity contribution in [2.24, 2.45) is 5.92 Å². The van der Waals surface area contributed by atoms with Crippen molar-refractivity contribution >= 4 is 5.91 Å². The molecule has 1 aromatic carbocycles. The fourth-order valence-electron chi connectivity index (χ4n) is 3.65. The Morgan fingerprint density at radius 3 is 2.42 bits per heavy atom. The lowest BCUT2D eigenvalue weighted by Crippen LogP contribution is -2.53. The summed E-state index contributed by atoms with van der Waals surface area (Å²) < 4.78 is 0. The van der Waals surface area contributed by atoms with E-state index in [-0.39, 0.29) is 17.9 Å². The van der Waals surface area contributed by atoms with Crippen molar-refractivity contribution in [3.63, 3.8) is 0 Å². The highest BCUT2D eigenvalue weighted by Crippen LogP contribution is 2.27. The maximum absolute atomic E-state index is 13.3. The molecule has 5 nitrogen and oxygen atoms in total. The Labute approximate surface area is 144 Å². The van der Waals surface area contributed by atoms with Gasteiger partial charge in [0.2, 0.25) is 5.91 Å². The third-order valence-electron chi connectivity index (χ3n) is 5.48. The number of piperidine rings is 1. The van der Waals surface area contributed by atoms with Crippen molar-refractivity contribution in [3.8, 4) is 0 Å². The molecule has 0 aliphatic carbocycles. The molecule has 3 unspecified atom stereocenters. The van der Waals surface area contributed by atoms with Gasteiger partial charge < -0.3 is 14.9 Å². The third-order valence-corrected chi connectivity index (χ3v) is 5.48. The number of aliphatic hydroxyl groups excluding tert-OH is 1. The van der Waals surface area contributed by atoms with Gasteiger partial charge in [-0.3, -0.25) is 9.69 Å². The van der Waals surface area contributed by atoms with Crippen LogP contribution in [0.2, 0.25) is 0 Å². The number of benzene rings is 1. The minimum absolute atomic E-state index is 0.136. The minimum Gasteiger partial charge on any atom is -0.391 e. The number of carbonyl (C=O) groups is 1. The van der Waals surface area contributed by atoms with Crippen molar-refractivity contribution in [1.82, 2.24) is 14.7 Å². The Hall–Kier alpha value is -1.43. The van der Waals surface area contributed by atoms with Gasteiger partial charge in [0.1, 0.15) is 6.04 Å². The van der Waals surface area contributed by atoms with Gasteiger partial charge in [-0.2, -0.15) is 0 Å². The average molecular weight is 331 g/mol. The number of rotatable bonds is 3. The SMILES string of the molecule is CC1CCN(C(=O)C(c2ccccc2)N2CCN(C)CC2)CC1O. The Kier molecular flexibility index (Phi) is 5.54. The number of carbonyl (C=O) groups excluding carboxylic acids is 1. The molecule has 3 atom stereocenters. The average Bonchev–Trinajstić information content (AvgIpc) is 2.60. The summed E-state index contributed by atoms with van der Waals surface area (Å²) in [6.07, 6.45) is 0.462. The molecule has 2 aliphatic heterocycles. The van der Waals surface area contributed by atoms with Crippen LogP contribution in [0.5, 0.6) is 0 Å². The molecule has 5 heteroatoms. The maximum Gasteiger partial charge on any atom is 0.244 e. The van der Waals surface area contributed by atoms with Crippen LogP contribution in [0.25, 0.3) is 0 Å². The lowest BCUT2D eigenvalue weighted by molar-refractivity contribution is -0.142. The zero-order valence-electron chi connectivity index (χ0n) is 14.8. The topological polar surface area (TPSA) is 47.0 Å². The van der Waals surface area contributed by atoms with Gasteiger partial charge in [0, 0.05) is 39.3 Å². The summed E-state index contributed by atoms with van der Waals surface area (Å²) in [7, 11) is 2.12. The zero-order valence-corrected chi connectivity index (χ0v) is 14.8. The van der Waals surface area contributed by atoms with E-state index in [1.54, 1.807) is 0 Å². The molecule has 0 saturated carbocycles. The second kappa shape index (κ2) is 7.64. The van der Waals surface area contributed by atoms with Crippen molar-refractivity contribution in [2.45, 2.75) is 25.5 Å². The standard InChI is InChI=1S/C19H29N3O2/c1-15-8-9-22(14-17(15)23)19(24)18(16-6-4-3-5-7-16)21-12-10-20(2)11-13-21/h3-7,15,17-18,23H,8-14H2,1-2H3. The van der Waals surface area contributed by atoms with Crippen molar-refractivity contribution < 1.29 is 9.90 Å². The molecule has 1 N–H and O–H groups in total. The summed E-state index contributed by atoms with van der Waals surface area (Å²) in [6.45, 7) is 7.02. The van der Waals surface area contributed by atoms with E-state index in [1.165, 1.54) is 0 Å². The number of likely N-dealkylation sites (tertiary alicyclic amines) is 1. The van der Waals surface area contributed by atoms with Gasteiger partial charge in [0.15, 0.2) is 0 Å². The molecule has 0 aromatic heterocycles. The van der Waals surface area contributed by atoms with Crippen LogP contribution in [0.1, 0.15) is 24.9 Å². The van der Waals surface area contributed by atoms with Crippen LogP contribution >= 0.6 is 0 Å². The number of β-amino-alcohol motifs (C(OH)–C–C–N with tert-alkyl or cyclic N) is 1. The number of piperazine rings is 1. The number of hydrogen-bond acceptors (Lipinski definition) is 4. The van der Waals surface area contributed by atoms with E-state index in [1.807, 2.05) is 35.2 Å². The molecule has 0 bridgehead atoms. The monoisotopic (exact) mass is 331 g/mol. The van der Waals surface area contributed by atoms with E-state index in [9.17, 15) is 9.90 Å². The summed E-state index contributed by atoms with van der Waals surface area (Å²) in [5.74, 6) is 0.407. The molecule has 1 aromatic rings. The van der Waals surface area contributed by atoms with Crippen molar-refractivity contribution in [1.29, 1.82) is 0 Å². The molecule has 1 amide bonds. The Morgan fingerprint density at radius 1 is 1.12 bits per heavy atom. The van der Waals surface area contributed by atoms with E-state index in [0.717, 1.165) is 44.7 Å². The lowest BCUT2D eigenvalue weighted by atomic mass is 9.94.